The Morgan fingerprint density at radius 1 is 1.30 bits per heavy atom. The molecule has 0 spiro atoms. The van der Waals surface area contributed by atoms with E-state index < -0.39 is 10.0 Å². The molecule has 0 aromatic carbocycles. The maximum absolute atomic E-state index is 12.3. The summed E-state index contributed by atoms with van der Waals surface area (Å²) >= 11 is 0. The number of aliphatic hydroxyl groups excluding tert-OH is 1. The van der Waals surface area contributed by atoms with E-state index in [2.05, 4.69) is 9.71 Å². The summed E-state index contributed by atoms with van der Waals surface area (Å²) in [6, 6.07) is 4.97. The van der Waals surface area contributed by atoms with Gasteiger partial charge in [0.15, 0.2) is 0 Å². The SMILES string of the molecule is Cc1cc(C)nc(NS(=O)(=O)c2cc(CO)n(C)c2)c1. The lowest BCUT2D eigenvalue weighted by Crippen LogP contribution is -2.13. The van der Waals surface area contributed by atoms with Crippen molar-refractivity contribution in [1.82, 2.24) is 9.55 Å². The first-order valence-corrected chi connectivity index (χ1v) is 7.54. The fraction of sp³-hybridized carbons (Fsp3) is 0.308. The molecule has 0 amide bonds. The van der Waals surface area contributed by atoms with Crippen molar-refractivity contribution >= 4 is 15.8 Å². The van der Waals surface area contributed by atoms with Crippen LogP contribution in [-0.2, 0) is 23.7 Å². The quantitative estimate of drug-likeness (QED) is 0.891. The number of rotatable bonds is 4. The zero-order chi connectivity index (χ0) is 14.9. The Bertz CT molecular complexity index is 715. The van der Waals surface area contributed by atoms with Crippen LogP contribution in [0.15, 0.2) is 29.3 Å². The van der Waals surface area contributed by atoms with Gasteiger partial charge < -0.3 is 9.67 Å². The van der Waals surface area contributed by atoms with E-state index >= 15 is 0 Å². The smallest absolute Gasteiger partial charge is 0.264 e. The largest absolute Gasteiger partial charge is 0.390 e. The Balaban J connectivity index is 2.35. The van der Waals surface area contributed by atoms with E-state index in [1.807, 2.05) is 13.0 Å². The maximum Gasteiger partial charge on any atom is 0.264 e. The zero-order valence-electron chi connectivity index (χ0n) is 11.6. The van der Waals surface area contributed by atoms with Crippen molar-refractivity contribution < 1.29 is 13.5 Å². The second-order valence-electron chi connectivity index (χ2n) is 4.71. The molecule has 2 rings (SSSR count). The van der Waals surface area contributed by atoms with Crippen LogP contribution in [0.4, 0.5) is 5.82 Å². The van der Waals surface area contributed by atoms with Crippen molar-refractivity contribution in [3.05, 3.63) is 41.3 Å². The van der Waals surface area contributed by atoms with Gasteiger partial charge in [0, 0.05) is 24.6 Å². The molecule has 2 aromatic heterocycles. The number of hydrogen-bond acceptors (Lipinski definition) is 4. The van der Waals surface area contributed by atoms with Crippen LogP contribution >= 0.6 is 0 Å². The van der Waals surface area contributed by atoms with Crippen molar-refractivity contribution in [1.29, 1.82) is 0 Å². The Kier molecular flexibility index (Phi) is 3.82. The lowest BCUT2D eigenvalue weighted by molar-refractivity contribution is 0.272. The second-order valence-corrected chi connectivity index (χ2v) is 6.40. The highest BCUT2D eigenvalue weighted by Crippen LogP contribution is 2.18. The number of sulfonamides is 1. The van der Waals surface area contributed by atoms with Gasteiger partial charge in [-0.25, -0.2) is 13.4 Å². The van der Waals surface area contributed by atoms with Crippen LogP contribution < -0.4 is 4.72 Å². The zero-order valence-corrected chi connectivity index (χ0v) is 12.4. The molecule has 6 nitrogen and oxygen atoms in total. The van der Waals surface area contributed by atoms with E-state index in [0.29, 0.717) is 5.69 Å². The molecule has 0 saturated carbocycles. The monoisotopic (exact) mass is 295 g/mol. The molecule has 0 saturated heterocycles. The maximum atomic E-state index is 12.3. The minimum Gasteiger partial charge on any atom is -0.390 e. The van der Waals surface area contributed by atoms with Crippen LogP contribution in [0.5, 0.6) is 0 Å². The second kappa shape index (κ2) is 5.26. The first-order valence-electron chi connectivity index (χ1n) is 6.06. The minimum atomic E-state index is -3.70. The van der Waals surface area contributed by atoms with E-state index in [-0.39, 0.29) is 17.3 Å². The van der Waals surface area contributed by atoms with Crippen LogP contribution in [-0.4, -0.2) is 23.1 Å². The van der Waals surface area contributed by atoms with Crippen molar-refractivity contribution in [2.24, 2.45) is 7.05 Å². The Morgan fingerprint density at radius 3 is 2.55 bits per heavy atom. The first-order chi connectivity index (χ1) is 9.31. The highest BCUT2D eigenvalue weighted by Gasteiger charge is 2.18. The average Bonchev–Trinajstić information content (AvgIpc) is 2.69. The molecule has 7 heteroatoms. The highest BCUT2D eigenvalue weighted by atomic mass is 32.2. The van der Waals surface area contributed by atoms with Gasteiger partial charge in [0.05, 0.1) is 6.61 Å². The topological polar surface area (TPSA) is 84.2 Å². The number of hydrogen-bond donors (Lipinski definition) is 2. The van der Waals surface area contributed by atoms with E-state index in [1.165, 1.54) is 12.3 Å². The molecular weight excluding hydrogens is 278 g/mol. The third kappa shape index (κ3) is 3.00. The minimum absolute atomic E-state index is 0.102. The molecule has 0 aliphatic carbocycles. The fourth-order valence-corrected chi connectivity index (χ4v) is 3.06. The predicted molar refractivity (Wildman–Crippen MR) is 75.9 cm³/mol. The molecule has 0 atom stereocenters. The van der Waals surface area contributed by atoms with Gasteiger partial charge in [-0.2, -0.15) is 0 Å². The van der Waals surface area contributed by atoms with Crippen LogP contribution in [0.1, 0.15) is 17.0 Å². The third-order valence-corrected chi connectivity index (χ3v) is 4.21. The van der Waals surface area contributed by atoms with Gasteiger partial charge in [-0.05, 0) is 37.6 Å². The Hall–Kier alpha value is -1.86. The number of pyridine rings is 1. The normalized spacial score (nSPS) is 11.6. The molecule has 0 fully saturated rings. The predicted octanol–water partition coefficient (Wildman–Crippen LogP) is 1.33. The molecule has 0 aliphatic heterocycles. The molecule has 2 heterocycles. The molecule has 108 valence electrons. The summed E-state index contributed by atoms with van der Waals surface area (Å²) in [5.41, 5.74) is 2.20. The lowest BCUT2D eigenvalue weighted by atomic mass is 10.2. The summed E-state index contributed by atoms with van der Waals surface area (Å²) in [5.74, 6) is 0.289. The third-order valence-electron chi connectivity index (χ3n) is 2.89. The molecular formula is C13H17N3O3S. The van der Waals surface area contributed by atoms with Gasteiger partial charge in [-0.15, -0.1) is 0 Å². The summed E-state index contributed by atoms with van der Waals surface area (Å²) < 4.78 is 28.5. The number of nitrogens with one attached hydrogen (secondary N) is 1. The van der Waals surface area contributed by atoms with E-state index in [0.717, 1.165) is 11.3 Å². The summed E-state index contributed by atoms with van der Waals surface area (Å²) in [6.07, 6.45) is 1.45. The number of aryl methyl sites for hydroxylation is 3. The molecule has 0 bridgehead atoms. The molecule has 0 aliphatic rings. The summed E-state index contributed by atoms with van der Waals surface area (Å²) in [6.45, 7) is 3.46. The molecule has 2 N–H and O–H groups in total. The van der Waals surface area contributed by atoms with Gasteiger partial charge in [-0.3, -0.25) is 4.72 Å². The van der Waals surface area contributed by atoms with Gasteiger partial charge >= 0.3 is 0 Å². The van der Waals surface area contributed by atoms with Crippen molar-refractivity contribution in [3.63, 3.8) is 0 Å². The van der Waals surface area contributed by atoms with Crippen LogP contribution in [0.3, 0.4) is 0 Å². The van der Waals surface area contributed by atoms with Crippen LogP contribution in [0.2, 0.25) is 0 Å². The first kappa shape index (κ1) is 14.5. The number of nitrogens with zero attached hydrogens (tertiary/aromatic N) is 2. The fourth-order valence-electron chi connectivity index (χ4n) is 1.97. The van der Waals surface area contributed by atoms with Gasteiger partial charge in [0.1, 0.15) is 10.7 Å². The summed E-state index contributed by atoms with van der Waals surface area (Å²) in [7, 11) is -2.02. The average molecular weight is 295 g/mol. The van der Waals surface area contributed by atoms with Crippen molar-refractivity contribution in [2.45, 2.75) is 25.3 Å². The van der Waals surface area contributed by atoms with Crippen LogP contribution in [0.25, 0.3) is 0 Å². The Morgan fingerprint density at radius 2 is 2.00 bits per heavy atom. The highest BCUT2D eigenvalue weighted by molar-refractivity contribution is 7.92. The number of aromatic nitrogens is 2. The van der Waals surface area contributed by atoms with Crippen LogP contribution in [0, 0.1) is 13.8 Å². The summed E-state index contributed by atoms with van der Waals surface area (Å²) in [5, 5.41) is 9.11. The van der Waals surface area contributed by atoms with Gasteiger partial charge in [0.2, 0.25) is 0 Å². The molecule has 2 aromatic rings. The van der Waals surface area contributed by atoms with Crippen molar-refractivity contribution in [3.8, 4) is 0 Å². The van der Waals surface area contributed by atoms with E-state index in [1.54, 1.807) is 24.6 Å². The Labute approximate surface area is 118 Å². The molecule has 0 radical (unpaired) electrons. The number of anilines is 1. The van der Waals surface area contributed by atoms with E-state index in [9.17, 15) is 8.42 Å². The van der Waals surface area contributed by atoms with E-state index in [4.69, 9.17) is 5.11 Å². The molecule has 0 unspecified atom stereocenters. The standard InChI is InChI=1S/C13H17N3O3S/c1-9-4-10(2)14-13(5-9)15-20(18,19)12-6-11(8-17)16(3)7-12/h4-7,17H,8H2,1-3H3,(H,14,15). The van der Waals surface area contributed by atoms with Gasteiger partial charge in [0.25, 0.3) is 10.0 Å². The summed E-state index contributed by atoms with van der Waals surface area (Å²) in [4.78, 5) is 4.25. The van der Waals surface area contributed by atoms with Crippen molar-refractivity contribution in [2.75, 3.05) is 4.72 Å². The molecule has 20 heavy (non-hydrogen) atoms. The number of aliphatic hydroxyl groups is 1. The van der Waals surface area contributed by atoms with Gasteiger partial charge in [-0.1, -0.05) is 0 Å². The lowest BCUT2D eigenvalue weighted by Gasteiger charge is -2.07.